The van der Waals surface area contributed by atoms with E-state index in [-0.39, 0.29) is 12.4 Å². The molecule has 0 fully saturated rings. The van der Waals surface area contributed by atoms with Gasteiger partial charge in [0, 0.05) is 34.6 Å². The lowest BCUT2D eigenvalue weighted by Crippen LogP contribution is -2.56. The molecule has 0 amide bonds. The van der Waals surface area contributed by atoms with Gasteiger partial charge in [-0.3, -0.25) is 28.9 Å². The van der Waals surface area contributed by atoms with E-state index >= 15 is 0 Å². The molecular formula is C32H36N2O11S. The molecule has 1 heterocycles. The second kappa shape index (κ2) is 16.4. The van der Waals surface area contributed by atoms with Crippen LogP contribution in [0.3, 0.4) is 0 Å². The number of carbonyl (C=O) groups excluding carboxylic acids is 5. The van der Waals surface area contributed by atoms with Crippen LogP contribution in [0.25, 0.3) is 16.1 Å². The van der Waals surface area contributed by atoms with Gasteiger partial charge >= 0.3 is 35.0 Å². The Labute approximate surface area is 270 Å². The first kappa shape index (κ1) is 35.5. The quantitative estimate of drug-likeness (QED) is 0.142. The lowest BCUT2D eigenvalue weighted by molar-refractivity contribution is -0.634. The first-order valence-electron chi connectivity index (χ1n) is 14.2. The second-order valence-electron chi connectivity index (χ2n) is 10.2. The van der Waals surface area contributed by atoms with Gasteiger partial charge in [-0.25, -0.2) is 0 Å². The summed E-state index contributed by atoms with van der Waals surface area (Å²) in [6, 6.07) is 18.0. The Balaban J connectivity index is 2.15. The summed E-state index contributed by atoms with van der Waals surface area (Å²) >= 11 is 1.19. The maximum absolute atomic E-state index is 13.8. The molecule has 4 atom stereocenters. The van der Waals surface area contributed by atoms with Crippen LogP contribution in [0.15, 0.2) is 60.7 Å². The number of esters is 5. The fraction of sp³-hybridized carbons (Fsp3) is 0.375. The predicted octanol–water partition coefficient (Wildman–Crippen LogP) is 2.49. The molecule has 0 saturated carbocycles. The van der Waals surface area contributed by atoms with Gasteiger partial charge in [-0.2, -0.15) is 4.57 Å². The van der Waals surface area contributed by atoms with Crippen molar-refractivity contribution < 1.29 is 57.3 Å². The van der Waals surface area contributed by atoms with E-state index < -0.39 is 60.9 Å². The number of hydrogen-bond donors (Lipinski definition) is 0. The van der Waals surface area contributed by atoms with E-state index in [9.17, 15) is 29.1 Å². The Morgan fingerprint density at radius 2 is 1.20 bits per heavy atom. The normalized spacial score (nSPS) is 13.3. The van der Waals surface area contributed by atoms with Crippen LogP contribution in [0, 0.1) is 0 Å². The Kier molecular flexibility index (Phi) is 12.6. The third-order valence-electron chi connectivity index (χ3n) is 6.36. The maximum atomic E-state index is 13.8. The summed E-state index contributed by atoms with van der Waals surface area (Å²) in [5.74, 6) is -4.27. The number of thiazole rings is 1. The largest absolute Gasteiger partial charge is 0.841 e. The highest BCUT2D eigenvalue weighted by Crippen LogP contribution is 2.37. The van der Waals surface area contributed by atoms with Crippen LogP contribution in [0.1, 0.15) is 34.6 Å². The zero-order valence-corrected chi connectivity index (χ0v) is 27.1. The second-order valence-corrected chi connectivity index (χ2v) is 11.2. The molecule has 0 radical (unpaired) electrons. The Morgan fingerprint density at radius 1 is 0.717 bits per heavy atom. The van der Waals surface area contributed by atoms with Crippen molar-refractivity contribution in [2.24, 2.45) is 0 Å². The molecule has 1 aromatic heterocycles. The summed E-state index contributed by atoms with van der Waals surface area (Å²) in [4.78, 5) is 62.8. The van der Waals surface area contributed by atoms with Gasteiger partial charge in [-0.05, 0) is 29.0 Å². The Bertz CT molecular complexity index is 1530. The van der Waals surface area contributed by atoms with Crippen LogP contribution in [0.5, 0.6) is 5.88 Å². The van der Waals surface area contributed by atoms with E-state index in [0.717, 1.165) is 34.6 Å². The van der Waals surface area contributed by atoms with Crippen LogP contribution in [-0.2, 0) is 47.7 Å². The number of likely N-dealkylation sites (N-methyl/N-ethyl adjacent to an activating group) is 1. The van der Waals surface area contributed by atoms with Crippen molar-refractivity contribution in [3.8, 4) is 22.0 Å². The zero-order valence-electron chi connectivity index (χ0n) is 26.3. The SMILES string of the molecule is CC(=O)OC[C@@H](OC(C)=O)[C@@H](OC(C)=O)[C@H](OC(C)=O)[C@H](CN(C)c1sc(-c2ccccc2)c([O-])[n+]1-c1ccccc1)OC(C)=O. The molecule has 3 aromatic rings. The molecule has 3 rings (SSSR count). The van der Waals surface area contributed by atoms with Crippen molar-refractivity contribution in [3.05, 3.63) is 60.7 Å². The van der Waals surface area contributed by atoms with Crippen molar-refractivity contribution in [1.29, 1.82) is 0 Å². The van der Waals surface area contributed by atoms with Gasteiger partial charge in [0.25, 0.3) is 0 Å². The minimum Gasteiger partial charge on any atom is -0.841 e. The summed E-state index contributed by atoms with van der Waals surface area (Å²) in [7, 11) is 1.64. The van der Waals surface area contributed by atoms with E-state index in [2.05, 4.69) is 0 Å². The van der Waals surface area contributed by atoms with Crippen LogP contribution in [-0.4, -0.2) is 74.5 Å². The Morgan fingerprint density at radius 3 is 1.70 bits per heavy atom. The van der Waals surface area contributed by atoms with Crippen molar-refractivity contribution in [2.45, 2.75) is 59.0 Å². The fourth-order valence-electron chi connectivity index (χ4n) is 4.66. The molecule has 0 saturated heterocycles. The number of benzene rings is 2. The van der Waals surface area contributed by atoms with Crippen LogP contribution < -0.4 is 14.6 Å². The number of para-hydroxylation sites is 1. The van der Waals surface area contributed by atoms with Crippen molar-refractivity contribution in [2.75, 3.05) is 25.1 Å². The summed E-state index contributed by atoms with van der Waals surface area (Å²) in [6.07, 6.45) is -5.94. The molecular weight excluding hydrogens is 620 g/mol. The zero-order chi connectivity index (χ0) is 34.0. The highest BCUT2D eigenvalue weighted by atomic mass is 32.1. The molecule has 0 spiro atoms. The van der Waals surface area contributed by atoms with E-state index in [1.54, 1.807) is 36.2 Å². The van der Waals surface area contributed by atoms with Crippen molar-refractivity contribution >= 4 is 46.3 Å². The van der Waals surface area contributed by atoms with Crippen molar-refractivity contribution in [1.82, 2.24) is 0 Å². The van der Waals surface area contributed by atoms with Crippen LogP contribution in [0.4, 0.5) is 5.13 Å². The van der Waals surface area contributed by atoms with Gasteiger partial charge in [0.2, 0.25) is 0 Å². The Hall–Kier alpha value is -4.98. The molecule has 13 nitrogen and oxygen atoms in total. The standard InChI is InChI=1S/C32H36N2O11S/c1-19(35)41-18-27(43-21(3)37)29(45-23(5)39)28(44-22(4)38)26(42-20(2)36)17-33(6)32-34(25-15-11-8-12-16-25)31(40)30(46-32)24-13-9-7-10-14-24/h7-16,26-29H,17-18H2,1-6H3/t26-,27+,28+,29+/m0/s1. The molecule has 0 unspecified atom stereocenters. The minimum atomic E-state index is -1.58. The third-order valence-corrected chi connectivity index (χ3v) is 7.65. The molecule has 0 aliphatic carbocycles. The smallest absolute Gasteiger partial charge is 0.341 e. The molecule has 2 aromatic carbocycles. The van der Waals surface area contributed by atoms with Crippen molar-refractivity contribution in [3.63, 3.8) is 0 Å². The fourth-order valence-corrected chi connectivity index (χ4v) is 5.79. The van der Waals surface area contributed by atoms with Gasteiger partial charge in [0.05, 0.1) is 17.8 Å². The maximum Gasteiger partial charge on any atom is 0.341 e. The molecule has 0 N–H and O–H groups in total. The van der Waals surface area contributed by atoms with E-state index in [0.29, 0.717) is 21.3 Å². The van der Waals surface area contributed by atoms with Gasteiger partial charge in [-0.15, -0.1) is 0 Å². The highest BCUT2D eigenvalue weighted by molar-refractivity contribution is 7.18. The topological polar surface area (TPSA) is 162 Å². The average molecular weight is 657 g/mol. The lowest BCUT2D eigenvalue weighted by Gasteiger charge is -2.35. The monoisotopic (exact) mass is 656 g/mol. The van der Waals surface area contributed by atoms with Gasteiger partial charge in [0.1, 0.15) is 18.8 Å². The van der Waals surface area contributed by atoms with Gasteiger partial charge in [0.15, 0.2) is 24.4 Å². The summed E-state index contributed by atoms with van der Waals surface area (Å²) in [5.41, 5.74) is 1.27. The predicted molar refractivity (Wildman–Crippen MR) is 163 cm³/mol. The van der Waals surface area contributed by atoms with Gasteiger partial charge < -0.3 is 28.8 Å². The highest BCUT2D eigenvalue weighted by Gasteiger charge is 2.45. The molecule has 14 heteroatoms. The summed E-state index contributed by atoms with van der Waals surface area (Å²) in [5, 5.41) is 14.3. The number of anilines is 1. The third kappa shape index (κ3) is 9.76. The van der Waals surface area contributed by atoms with Crippen LogP contribution >= 0.6 is 11.3 Å². The molecule has 0 aliphatic rings. The summed E-state index contributed by atoms with van der Waals surface area (Å²) < 4.78 is 28.6. The lowest BCUT2D eigenvalue weighted by atomic mass is 10.0. The van der Waals surface area contributed by atoms with E-state index in [4.69, 9.17) is 23.7 Å². The minimum absolute atomic E-state index is 0.198. The number of rotatable bonds is 14. The van der Waals surface area contributed by atoms with E-state index in [1.807, 2.05) is 36.4 Å². The molecule has 46 heavy (non-hydrogen) atoms. The van der Waals surface area contributed by atoms with Gasteiger partial charge in [-0.1, -0.05) is 48.5 Å². The number of aromatic nitrogens is 1. The number of carbonyl (C=O) groups is 5. The first-order valence-corrected chi connectivity index (χ1v) is 15.0. The first-order chi connectivity index (χ1) is 21.8. The number of hydrogen-bond acceptors (Lipinski definition) is 13. The van der Waals surface area contributed by atoms with E-state index in [1.165, 1.54) is 15.9 Å². The number of ether oxygens (including phenoxy) is 5. The average Bonchev–Trinajstić information content (AvgIpc) is 3.34. The molecule has 246 valence electrons. The number of nitrogens with zero attached hydrogens (tertiary/aromatic N) is 2. The van der Waals surface area contributed by atoms with Crippen LogP contribution in [0.2, 0.25) is 0 Å². The molecule has 0 aliphatic heterocycles. The summed E-state index contributed by atoms with van der Waals surface area (Å²) in [6.45, 7) is 4.77. The molecule has 0 bridgehead atoms.